The summed E-state index contributed by atoms with van der Waals surface area (Å²) in [6.07, 6.45) is 6.57. The second-order valence-electron chi connectivity index (χ2n) is 5.29. The number of hydrogen-bond acceptors (Lipinski definition) is 4. The van der Waals surface area contributed by atoms with Crippen LogP contribution in [0.1, 0.15) is 39.0 Å². The van der Waals surface area contributed by atoms with Crippen molar-refractivity contribution in [1.82, 2.24) is 5.32 Å². The second kappa shape index (κ2) is 11.4. The summed E-state index contributed by atoms with van der Waals surface area (Å²) in [5.41, 5.74) is 0. The van der Waals surface area contributed by atoms with Crippen molar-refractivity contribution in [2.24, 2.45) is 0 Å². The van der Waals surface area contributed by atoms with E-state index in [4.69, 9.17) is 14.2 Å². The van der Waals surface area contributed by atoms with Crippen LogP contribution < -0.4 is 31.9 Å². The first-order valence-corrected chi connectivity index (χ1v) is 8.14. The van der Waals surface area contributed by atoms with E-state index in [-0.39, 0.29) is 12.4 Å². The average Bonchev–Trinajstić information content (AvgIpc) is 2.53. The van der Waals surface area contributed by atoms with Crippen LogP contribution >= 0.6 is 0 Å². The van der Waals surface area contributed by atoms with Gasteiger partial charge in [0.05, 0.1) is 0 Å². The lowest BCUT2D eigenvalue weighted by molar-refractivity contribution is -0.00000539. The number of nitrogens with one attached hydrogen (secondary N) is 1. The van der Waals surface area contributed by atoms with Crippen LogP contribution in [-0.4, -0.2) is 32.9 Å². The predicted molar refractivity (Wildman–Crippen MR) is 84.6 cm³/mol. The highest BCUT2D eigenvalue weighted by Crippen LogP contribution is 2.38. The second-order valence-corrected chi connectivity index (χ2v) is 5.29. The van der Waals surface area contributed by atoms with Gasteiger partial charge in [-0.15, -0.1) is 0 Å². The molecule has 2 rings (SSSR count). The summed E-state index contributed by atoms with van der Waals surface area (Å²) in [6.45, 7) is 6.01. The topological polar surface area (TPSA) is 39.7 Å². The van der Waals surface area contributed by atoms with E-state index >= 15 is 0 Å². The molecular formula is C17H27ClNO3-. The van der Waals surface area contributed by atoms with Gasteiger partial charge in [-0.3, -0.25) is 0 Å². The molecule has 126 valence electrons. The highest BCUT2D eigenvalue weighted by molar-refractivity contribution is 5.51. The standard InChI is InChI=1S/C17H27NO3.ClH/c1-2-3-4-5-6-10-18-11-12-19-15-8-7-9-16-17(15)21-14-13-20-16;/h7-9,18H,2-6,10-14H2,1H3;1H/p-1. The molecule has 5 heteroatoms. The molecule has 0 amide bonds. The fraction of sp³-hybridized carbons (Fsp3) is 0.647. The Morgan fingerprint density at radius 2 is 1.86 bits per heavy atom. The summed E-state index contributed by atoms with van der Waals surface area (Å²) >= 11 is 0. The molecule has 1 heterocycles. The third-order valence-electron chi connectivity index (χ3n) is 3.52. The molecule has 1 aromatic rings. The maximum atomic E-state index is 5.78. The molecule has 0 atom stereocenters. The summed E-state index contributed by atoms with van der Waals surface area (Å²) < 4.78 is 16.9. The van der Waals surface area contributed by atoms with Crippen molar-refractivity contribution in [3.8, 4) is 17.2 Å². The van der Waals surface area contributed by atoms with Crippen molar-refractivity contribution >= 4 is 0 Å². The normalized spacial score (nSPS) is 12.6. The Morgan fingerprint density at radius 1 is 1.05 bits per heavy atom. The molecule has 0 unspecified atom stereocenters. The van der Waals surface area contributed by atoms with Gasteiger partial charge in [0.25, 0.3) is 0 Å². The molecule has 0 aliphatic carbocycles. The van der Waals surface area contributed by atoms with Gasteiger partial charge < -0.3 is 31.9 Å². The van der Waals surface area contributed by atoms with E-state index in [0.29, 0.717) is 19.8 Å². The molecule has 0 saturated heterocycles. The van der Waals surface area contributed by atoms with Crippen molar-refractivity contribution in [2.45, 2.75) is 39.0 Å². The molecule has 0 saturated carbocycles. The molecule has 1 N–H and O–H groups in total. The summed E-state index contributed by atoms with van der Waals surface area (Å²) in [4.78, 5) is 0. The van der Waals surface area contributed by atoms with Crippen molar-refractivity contribution in [2.75, 3.05) is 32.9 Å². The largest absolute Gasteiger partial charge is 1.00 e. The van der Waals surface area contributed by atoms with Gasteiger partial charge >= 0.3 is 0 Å². The van der Waals surface area contributed by atoms with E-state index in [9.17, 15) is 0 Å². The summed E-state index contributed by atoms with van der Waals surface area (Å²) in [7, 11) is 0. The number of halogens is 1. The first-order chi connectivity index (χ1) is 10.4. The zero-order valence-corrected chi connectivity index (χ0v) is 14.2. The molecule has 1 aliphatic rings. The molecule has 1 aliphatic heterocycles. The zero-order chi connectivity index (χ0) is 14.8. The van der Waals surface area contributed by atoms with E-state index in [0.717, 1.165) is 30.3 Å². The monoisotopic (exact) mass is 328 g/mol. The maximum absolute atomic E-state index is 5.78. The Balaban J connectivity index is 0.00000242. The van der Waals surface area contributed by atoms with Gasteiger partial charge in [-0.1, -0.05) is 38.7 Å². The lowest BCUT2D eigenvalue weighted by atomic mass is 10.1. The summed E-state index contributed by atoms with van der Waals surface area (Å²) in [5, 5.41) is 3.42. The van der Waals surface area contributed by atoms with E-state index in [1.54, 1.807) is 0 Å². The minimum Gasteiger partial charge on any atom is -1.00 e. The van der Waals surface area contributed by atoms with Crippen molar-refractivity contribution < 1.29 is 26.6 Å². The van der Waals surface area contributed by atoms with E-state index < -0.39 is 0 Å². The summed E-state index contributed by atoms with van der Waals surface area (Å²) in [6, 6.07) is 5.78. The molecule has 0 bridgehead atoms. The SMILES string of the molecule is CCCCCCCNCCOc1cccc2c1OCCO2.[Cl-]. The van der Waals surface area contributed by atoms with Crippen molar-refractivity contribution in [3.05, 3.63) is 18.2 Å². The van der Waals surface area contributed by atoms with Gasteiger partial charge in [0.1, 0.15) is 19.8 Å². The van der Waals surface area contributed by atoms with Gasteiger partial charge in [0.15, 0.2) is 11.5 Å². The molecule has 0 spiro atoms. The zero-order valence-electron chi connectivity index (χ0n) is 13.4. The number of fused-ring (bicyclic) bond motifs is 1. The molecule has 0 fully saturated rings. The number of para-hydroxylation sites is 1. The predicted octanol–water partition coefficient (Wildman–Crippen LogP) is 0.401. The third-order valence-corrected chi connectivity index (χ3v) is 3.52. The Hall–Kier alpha value is -1.13. The lowest BCUT2D eigenvalue weighted by Crippen LogP contribution is -3.00. The van der Waals surface area contributed by atoms with E-state index in [2.05, 4.69) is 12.2 Å². The van der Waals surface area contributed by atoms with Gasteiger partial charge in [0.2, 0.25) is 5.75 Å². The maximum Gasteiger partial charge on any atom is 0.203 e. The first kappa shape index (κ1) is 18.9. The average molecular weight is 329 g/mol. The molecule has 4 nitrogen and oxygen atoms in total. The number of benzene rings is 1. The van der Waals surface area contributed by atoms with Gasteiger partial charge in [0, 0.05) is 6.54 Å². The molecular weight excluding hydrogens is 302 g/mol. The van der Waals surface area contributed by atoms with E-state index in [1.807, 2.05) is 18.2 Å². The van der Waals surface area contributed by atoms with Gasteiger partial charge in [-0.05, 0) is 25.1 Å². The quantitative estimate of drug-likeness (QED) is 0.631. The van der Waals surface area contributed by atoms with Crippen LogP contribution in [0.4, 0.5) is 0 Å². The highest BCUT2D eigenvalue weighted by atomic mass is 35.5. The molecule has 0 aromatic heterocycles. The minimum absolute atomic E-state index is 0. The smallest absolute Gasteiger partial charge is 0.203 e. The highest BCUT2D eigenvalue weighted by Gasteiger charge is 2.16. The Kier molecular flexibility index (Phi) is 9.84. The third kappa shape index (κ3) is 6.32. The van der Waals surface area contributed by atoms with Crippen LogP contribution in [0, 0.1) is 0 Å². The van der Waals surface area contributed by atoms with Gasteiger partial charge in [-0.25, -0.2) is 0 Å². The number of ether oxygens (including phenoxy) is 3. The fourth-order valence-electron chi connectivity index (χ4n) is 2.37. The van der Waals surface area contributed by atoms with Crippen LogP contribution in [0.2, 0.25) is 0 Å². The Bertz CT molecular complexity index is 415. The fourth-order valence-corrected chi connectivity index (χ4v) is 2.37. The van der Waals surface area contributed by atoms with Crippen LogP contribution in [-0.2, 0) is 0 Å². The van der Waals surface area contributed by atoms with Crippen LogP contribution in [0.25, 0.3) is 0 Å². The lowest BCUT2D eigenvalue weighted by Gasteiger charge is -2.20. The molecule has 22 heavy (non-hydrogen) atoms. The van der Waals surface area contributed by atoms with Crippen molar-refractivity contribution in [3.63, 3.8) is 0 Å². The van der Waals surface area contributed by atoms with Gasteiger partial charge in [-0.2, -0.15) is 0 Å². The van der Waals surface area contributed by atoms with E-state index in [1.165, 1.54) is 32.1 Å². The Labute approximate surface area is 139 Å². The minimum atomic E-state index is 0. The number of hydrogen-bond donors (Lipinski definition) is 1. The summed E-state index contributed by atoms with van der Waals surface area (Å²) in [5.74, 6) is 2.29. The van der Waals surface area contributed by atoms with Crippen molar-refractivity contribution in [1.29, 1.82) is 0 Å². The first-order valence-electron chi connectivity index (χ1n) is 8.14. The van der Waals surface area contributed by atoms with Crippen LogP contribution in [0.3, 0.4) is 0 Å². The van der Waals surface area contributed by atoms with Crippen LogP contribution in [0.15, 0.2) is 18.2 Å². The number of unbranched alkanes of at least 4 members (excludes halogenated alkanes) is 4. The number of rotatable bonds is 10. The Morgan fingerprint density at radius 3 is 2.73 bits per heavy atom. The van der Waals surface area contributed by atoms with Crippen LogP contribution in [0.5, 0.6) is 17.2 Å². The molecule has 1 aromatic carbocycles. The molecule has 0 radical (unpaired) electrons.